The van der Waals surface area contributed by atoms with Gasteiger partial charge in [0.05, 0.1) is 0 Å². The molecular formula is C12H20O4Si. The summed E-state index contributed by atoms with van der Waals surface area (Å²) in [5, 5.41) is 0. The van der Waals surface area contributed by atoms with Crippen molar-refractivity contribution < 1.29 is 19.1 Å². The fourth-order valence-electron chi connectivity index (χ4n) is 1.53. The molecule has 17 heavy (non-hydrogen) atoms. The molecule has 1 aliphatic heterocycles. The van der Waals surface area contributed by atoms with Crippen LogP contribution in [-0.4, -0.2) is 38.6 Å². The Morgan fingerprint density at radius 3 is 2.65 bits per heavy atom. The molecule has 1 fully saturated rings. The minimum Gasteiger partial charge on any atom is -0.455 e. The van der Waals surface area contributed by atoms with Crippen LogP contribution in [0.1, 0.15) is 6.42 Å². The van der Waals surface area contributed by atoms with E-state index >= 15 is 0 Å². The van der Waals surface area contributed by atoms with Crippen LogP contribution < -0.4 is 0 Å². The van der Waals surface area contributed by atoms with Crippen LogP contribution in [0.2, 0.25) is 25.7 Å². The largest absolute Gasteiger partial charge is 0.455 e. The van der Waals surface area contributed by atoms with Gasteiger partial charge in [-0.25, -0.2) is 0 Å². The Kier molecular flexibility index (Phi) is 4.65. The molecule has 0 aromatic carbocycles. The number of Topliss-reactive ketones (excluding diaryl/α,β-unsaturated/α-hetero) is 1. The minimum atomic E-state index is -1.18. The maximum atomic E-state index is 11.7. The van der Waals surface area contributed by atoms with Gasteiger partial charge in [0.25, 0.3) is 0 Å². The summed E-state index contributed by atoms with van der Waals surface area (Å²) in [5.74, 6) is -0.702. The molecular weight excluding hydrogens is 236 g/mol. The lowest BCUT2D eigenvalue weighted by molar-refractivity contribution is -0.168. The summed E-state index contributed by atoms with van der Waals surface area (Å²) in [4.78, 5) is 22.7. The molecule has 96 valence electrons. The summed E-state index contributed by atoms with van der Waals surface area (Å²) < 4.78 is 10.6. The van der Waals surface area contributed by atoms with Gasteiger partial charge in [0.2, 0.25) is 0 Å². The number of carbonyl (C=O) groups is 2. The molecule has 5 heteroatoms. The van der Waals surface area contributed by atoms with Gasteiger partial charge < -0.3 is 9.47 Å². The van der Waals surface area contributed by atoms with Gasteiger partial charge in [-0.15, -0.1) is 0 Å². The first-order valence-corrected chi connectivity index (χ1v) is 9.50. The molecule has 2 atom stereocenters. The number of cyclic esters (lactones) is 1. The third-order valence-corrected chi connectivity index (χ3v) is 4.29. The number of carbonyl (C=O) groups excluding carboxylic acids is 2. The minimum absolute atomic E-state index is 0.193. The van der Waals surface area contributed by atoms with Crippen LogP contribution in [0.15, 0.2) is 12.7 Å². The van der Waals surface area contributed by atoms with Crippen LogP contribution in [0, 0.1) is 0 Å². The third-order valence-electron chi connectivity index (χ3n) is 2.58. The van der Waals surface area contributed by atoms with Crippen molar-refractivity contribution in [3.8, 4) is 0 Å². The van der Waals surface area contributed by atoms with Crippen molar-refractivity contribution in [2.45, 2.75) is 44.3 Å². The zero-order chi connectivity index (χ0) is 13.1. The van der Waals surface area contributed by atoms with Crippen LogP contribution in [0.3, 0.4) is 0 Å². The average Bonchev–Trinajstić information content (AvgIpc) is 2.18. The maximum absolute atomic E-state index is 11.7. The van der Waals surface area contributed by atoms with Gasteiger partial charge in [-0.1, -0.05) is 26.2 Å². The Bertz CT molecular complexity index is 319. The molecule has 0 bridgehead atoms. The van der Waals surface area contributed by atoms with Crippen LogP contribution >= 0.6 is 0 Å². The normalized spacial score (nSPS) is 25.6. The van der Waals surface area contributed by atoms with Crippen molar-refractivity contribution in [1.82, 2.24) is 0 Å². The molecule has 1 heterocycles. The lowest BCUT2D eigenvalue weighted by atomic mass is 10.0. The molecule has 1 saturated heterocycles. The van der Waals surface area contributed by atoms with Crippen molar-refractivity contribution >= 4 is 19.8 Å². The van der Waals surface area contributed by atoms with E-state index < -0.39 is 26.3 Å². The lowest BCUT2D eigenvalue weighted by Crippen LogP contribution is -2.45. The van der Waals surface area contributed by atoms with Gasteiger partial charge in [-0.3, -0.25) is 9.59 Å². The van der Waals surface area contributed by atoms with E-state index in [1.165, 1.54) is 6.08 Å². The third kappa shape index (κ3) is 4.44. The van der Waals surface area contributed by atoms with Gasteiger partial charge >= 0.3 is 5.97 Å². The monoisotopic (exact) mass is 256 g/mol. The number of rotatable bonds is 5. The number of ether oxygens (including phenoxy) is 2. The Morgan fingerprint density at radius 2 is 2.12 bits per heavy atom. The first-order chi connectivity index (χ1) is 7.83. The van der Waals surface area contributed by atoms with Crippen molar-refractivity contribution in [3.05, 3.63) is 12.7 Å². The highest BCUT2D eigenvalue weighted by Gasteiger charge is 2.36. The van der Waals surface area contributed by atoms with Gasteiger partial charge in [-0.2, -0.15) is 0 Å². The van der Waals surface area contributed by atoms with E-state index in [4.69, 9.17) is 9.47 Å². The highest BCUT2D eigenvalue weighted by molar-refractivity contribution is 6.76. The zero-order valence-corrected chi connectivity index (χ0v) is 11.7. The molecule has 0 saturated carbocycles. The standard InChI is InChI=1S/C12H20O4Si/c1-5-10-12(9(13)8-11(14)16-10)15-6-7-17(2,3)4/h5,10,12H,1,6-8H2,2-4H3/t10-,12-/m1/s1. The summed E-state index contributed by atoms with van der Waals surface area (Å²) in [6.07, 6.45) is -0.0391. The number of hydrogen-bond acceptors (Lipinski definition) is 4. The maximum Gasteiger partial charge on any atom is 0.314 e. The molecule has 0 unspecified atom stereocenters. The number of ketones is 1. The Morgan fingerprint density at radius 1 is 1.47 bits per heavy atom. The quantitative estimate of drug-likeness (QED) is 0.326. The molecule has 0 aliphatic carbocycles. The highest BCUT2D eigenvalue weighted by Crippen LogP contribution is 2.18. The van der Waals surface area contributed by atoms with E-state index in [0.29, 0.717) is 6.61 Å². The Labute approximate surface area is 103 Å². The second kappa shape index (κ2) is 5.60. The lowest BCUT2D eigenvalue weighted by Gasteiger charge is -2.28. The zero-order valence-electron chi connectivity index (χ0n) is 10.7. The summed E-state index contributed by atoms with van der Waals surface area (Å²) in [7, 11) is -1.18. The summed E-state index contributed by atoms with van der Waals surface area (Å²) >= 11 is 0. The van der Waals surface area contributed by atoms with Crippen LogP contribution in [-0.2, 0) is 19.1 Å². The molecule has 0 spiro atoms. The van der Waals surface area contributed by atoms with E-state index in [2.05, 4.69) is 26.2 Å². The second-order valence-electron chi connectivity index (χ2n) is 5.44. The smallest absolute Gasteiger partial charge is 0.314 e. The van der Waals surface area contributed by atoms with Gasteiger partial charge in [0.15, 0.2) is 18.0 Å². The second-order valence-corrected chi connectivity index (χ2v) is 11.1. The van der Waals surface area contributed by atoms with Gasteiger partial charge in [-0.05, 0) is 12.1 Å². The van der Waals surface area contributed by atoms with Gasteiger partial charge in [0.1, 0.15) is 6.42 Å². The van der Waals surface area contributed by atoms with E-state index in [1.54, 1.807) is 0 Å². The Balaban J connectivity index is 2.52. The van der Waals surface area contributed by atoms with Crippen LogP contribution in [0.5, 0.6) is 0 Å². The van der Waals surface area contributed by atoms with E-state index in [9.17, 15) is 9.59 Å². The van der Waals surface area contributed by atoms with Crippen LogP contribution in [0.25, 0.3) is 0 Å². The van der Waals surface area contributed by atoms with E-state index in [0.717, 1.165) is 6.04 Å². The summed E-state index contributed by atoms with van der Waals surface area (Å²) in [6.45, 7) is 10.8. The van der Waals surface area contributed by atoms with Crippen molar-refractivity contribution in [3.63, 3.8) is 0 Å². The average molecular weight is 256 g/mol. The van der Waals surface area contributed by atoms with E-state index in [-0.39, 0.29) is 12.2 Å². The van der Waals surface area contributed by atoms with Crippen molar-refractivity contribution in [2.24, 2.45) is 0 Å². The SMILES string of the molecule is C=C[C@H]1OC(=O)CC(=O)[C@H]1OCC[Si](C)(C)C. The fraction of sp³-hybridized carbons (Fsp3) is 0.667. The molecule has 1 rings (SSSR count). The topological polar surface area (TPSA) is 52.6 Å². The number of esters is 1. The molecule has 0 amide bonds. The Hall–Kier alpha value is -0.943. The van der Waals surface area contributed by atoms with Crippen molar-refractivity contribution in [2.75, 3.05) is 6.61 Å². The molecule has 4 nitrogen and oxygen atoms in total. The summed E-state index contributed by atoms with van der Waals surface area (Å²) in [6, 6.07) is 0.981. The summed E-state index contributed by atoms with van der Waals surface area (Å²) in [5.41, 5.74) is 0. The van der Waals surface area contributed by atoms with Crippen LogP contribution in [0.4, 0.5) is 0 Å². The molecule has 0 aromatic heterocycles. The molecule has 1 aliphatic rings. The van der Waals surface area contributed by atoms with Crippen molar-refractivity contribution in [1.29, 1.82) is 0 Å². The predicted octanol–water partition coefficient (Wildman–Crippen LogP) is 1.78. The molecule has 0 aromatic rings. The fourth-order valence-corrected chi connectivity index (χ4v) is 2.26. The number of hydrogen-bond donors (Lipinski definition) is 0. The molecule has 0 radical (unpaired) electrons. The van der Waals surface area contributed by atoms with E-state index in [1.807, 2.05) is 0 Å². The first-order valence-electron chi connectivity index (χ1n) is 5.80. The molecule has 0 N–H and O–H groups in total. The highest BCUT2D eigenvalue weighted by atomic mass is 28.3. The van der Waals surface area contributed by atoms with Gasteiger partial charge in [0, 0.05) is 14.7 Å². The predicted molar refractivity (Wildman–Crippen MR) is 67.6 cm³/mol. The first kappa shape index (κ1) is 14.1.